The number of methoxy groups -OCH3 is 1. The van der Waals surface area contributed by atoms with Gasteiger partial charge in [-0.15, -0.1) is 0 Å². The van der Waals surface area contributed by atoms with Crippen LogP contribution in [-0.4, -0.2) is 29.0 Å². The van der Waals surface area contributed by atoms with Gasteiger partial charge in [-0.1, -0.05) is 18.2 Å². The predicted octanol–water partition coefficient (Wildman–Crippen LogP) is 3.44. The summed E-state index contributed by atoms with van der Waals surface area (Å²) in [6.07, 6.45) is 0. The maximum atomic E-state index is 12.7. The fourth-order valence-electron chi connectivity index (χ4n) is 2.63. The number of benzene rings is 2. The Labute approximate surface area is 167 Å². The van der Waals surface area contributed by atoms with E-state index in [2.05, 4.69) is 26.7 Å². The quantitative estimate of drug-likeness (QED) is 0.644. The number of anilines is 3. The summed E-state index contributed by atoms with van der Waals surface area (Å²) in [5, 5.41) is 14.8. The van der Waals surface area contributed by atoms with Crippen LogP contribution in [0.2, 0.25) is 0 Å². The molecule has 0 unspecified atom stereocenters. The summed E-state index contributed by atoms with van der Waals surface area (Å²) in [5.74, 6) is -0.267. The van der Waals surface area contributed by atoms with Gasteiger partial charge in [0.25, 0.3) is 5.91 Å². The number of nitrogens with zero attached hydrogens (tertiary/aromatic N) is 3. The van der Waals surface area contributed by atoms with Crippen molar-refractivity contribution in [3.05, 3.63) is 77.2 Å². The van der Waals surface area contributed by atoms with Crippen LogP contribution in [0, 0.1) is 18.3 Å². The zero-order chi connectivity index (χ0) is 20.8. The molecule has 3 rings (SSSR count). The molecule has 1 aromatic heterocycles. The average Bonchev–Trinajstić information content (AvgIpc) is 2.73. The first-order valence-corrected chi connectivity index (χ1v) is 8.61. The number of hydrogen-bond donors (Lipinski definition) is 2. The van der Waals surface area contributed by atoms with Crippen molar-refractivity contribution in [3.63, 3.8) is 0 Å². The lowest BCUT2D eigenvalue weighted by Gasteiger charge is -2.11. The van der Waals surface area contributed by atoms with Crippen LogP contribution in [0.25, 0.3) is 0 Å². The molecule has 8 nitrogen and oxygen atoms in total. The van der Waals surface area contributed by atoms with Crippen molar-refractivity contribution in [2.45, 2.75) is 6.92 Å². The molecule has 0 radical (unpaired) electrons. The van der Waals surface area contributed by atoms with Crippen molar-refractivity contribution < 1.29 is 14.3 Å². The third-order valence-corrected chi connectivity index (χ3v) is 3.92. The van der Waals surface area contributed by atoms with Crippen molar-refractivity contribution in [1.29, 1.82) is 5.26 Å². The second-order valence-electron chi connectivity index (χ2n) is 5.99. The van der Waals surface area contributed by atoms with Crippen LogP contribution >= 0.6 is 0 Å². The van der Waals surface area contributed by atoms with Crippen LogP contribution in [0.1, 0.15) is 32.2 Å². The number of carbonyl (C=O) groups is 2. The van der Waals surface area contributed by atoms with Crippen LogP contribution in [0.4, 0.5) is 17.2 Å². The van der Waals surface area contributed by atoms with Gasteiger partial charge in [0.1, 0.15) is 17.3 Å². The molecule has 2 N–H and O–H groups in total. The van der Waals surface area contributed by atoms with Gasteiger partial charge in [-0.3, -0.25) is 4.79 Å². The Bertz CT molecular complexity index is 1120. The molecule has 0 bridgehead atoms. The number of nitriles is 1. The molecule has 1 heterocycles. The van der Waals surface area contributed by atoms with Crippen molar-refractivity contribution in [3.8, 4) is 6.07 Å². The lowest BCUT2D eigenvalue weighted by Crippen LogP contribution is -2.17. The number of esters is 1. The van der Waals surface area contributed by atoms with Gasteiger partial charge in [0, 0.05) is 11.8 Å². The van der Waals surface area contributed by atoms with Gasteiger partial charge in [-0.2, -0.15) is 5.26 Å². The lowest BCUT2D eigenvalue weighted by atomic mass is 10.1. The maximum Gasteiger partial charge on any atom is 0.339 e. The van der Waals surface area contributed by atoms with E-state index in [0.717, 1.165) is 0 Å². The molecule has 0 aliphatic rings. The molecular formula is C21H17N5O3. The molecule has 0 aliphatic carbocycles. The minimum atomic E-state index is -0.556. The highest BCUT2D eigenvalue weighted by Gasteiger charge is 2.16. The molecule has 0 saturated heterocycles. The first-order valence-electron chi connectivity index (χ1n) is 8.61. The minimum absolute atomic E-state index is 0.121. The molecule has 0 fully saturated rings. The van der Waals surface area contributed by atoms with E-state index in [-0.39, 0.29) is 11.3 Å². The monoisotopic (exact) mass is 387 g/mol. The number of para-hydroxylation sites is 1. The number of amides is 1. The van der Waals surface area contributed by atoms with Crippen LogP contribution in [-0.2, 0) is 4.74 Å². The summed E-state index contributed by atoms with van der Waals surface area (Å²) in [5.41, 5.74) is 1.83. The lowest BCUT2D eigenvalue weighted by molar-refractivity contribution is 0.0602. The van der Waals surface area contributed by atoms with Gasteiger partial charge < -0.3 is 15.4 Å². The Morgan fingerprint density at radius 1 is 1.07 bits per heavy atom. The van der Waals surface area contributed by atoms with E-state index in [1.807, 2.05) is 0 Å². The van der Waals surface area contributed by atoms with Gasteiger partial charge >= 0.3 is 5.97 Å². The highest BCUT2D eigenvalue weighted by Crippen LogP contribution is 2.19. The topological polar surface area (TPSA) is 117 Å². The number of aryl methyl sites for hydroxylation is 1. The fourth-order valence-corrected chi connectivity index (χ4v) is 2.63. The van der Waals surface area contributed by atoms with E-state index >= 15 is 0 Å². The Hall–Kier alpha value is -4.25. The molecule has 29 heavy (non-hydrogen) atoms. The van der Waals surface area contributed by atoms with E-state index in [0.29, 0.717) is 28.6 Å². The van der Waals surface area contributed by atoms with E-state index in [1.54, 1.807) is 55.5 Å². The molecule has 2 aromatic carbocycles. The number of hydrogen-bond acceptors (Lipinski definition) is 7. The molecule has 0 aliphatic heterocycles. The van der Waals surface area contributed by atoms with E-state index < -0.39 is 11.9 Å². The zero-order valence-electron chi connectivity index (χ0n) is 15.8. The average molecular weight is 387 g/mol. The Morgan fingerprint density at radius 3 is 2.62 bits per heavy atom. The van der Waals surface area contributed by atoms with Crippen molar-refractivity contribution >= 4 is 29.1 Å². The number of aromatic nitrogens is 2. The number of ether oxygens (including phenoxy) is 1. The third-order valence-electron chi connectivity index (χ3n) is 3.92. The molecular weight excluding hydrogens is 370 g/mol. The summed E-state index contributed by atoms with van der Waals surface area (Å²) < 4.78 is 4.74. The van der Waals surface area contributed by atoms with Crippen LogP contribution in [0.15, 0.2) is 54.6 Å². The number of nitrogens with one attached hydrogen (secondary N) is 2. The van der Waals surface area contributed by atoms with Crippen molar-refractivity contribution in [2.24, 2.45) is 0 Å². The van der Waals surface area contributed by atoms with E-state index in [9.17, 15) is 9.59 Å². The molecule has 144 valence electrons. The largest absolute Gasteiger partial charge is 0.465 e. The molecule has 8 heteroatoms. The summed E-state index contributed by atoms with van der Waals surface area (Å²) >= 11 is 0. The minimum Gasteiger partial charge on any atom is -0.465 e. The van der Waals surface area contributed by atoms with Gasteiger partial charge in [0.15, 0.2) is 0 Å². The highest BCUT2D eigenvalue weighted by atomic mass is 16.5. The third kappa shape index (κ3) is 4.73. The Morgan fingerprint density at radius 2 is 1.86 bits per heavy atom. The Balaban J connectivity index is 1.85. The number of rotatable bonds is 5. The van der Waals surface area contributed by atoms with Crippen molar-refractivity contribution in [2.75, 3.05) is 17.7 Å². The van der Waals surface area contributed by atoms with Gasteiger partial charge in [-0.25, -0.2) is 14.8 Å². The zero-order valence-corrected chi connectivity index (χ0v) is 15.8. The van der Waals surface area contributed by atoms with Crippen LogP contribution in [0.5, 0.6) is 0 Å². The van der Waals surface area contributed by atoms with E-state index in [1.165, 1.54) is 13.2 Å². The number of carbonyl (C=O) groups excluding carboxylic acids is 2. The molecule has 1 amide bonds. The van der Waals surface area contributed by atoms with E-state index in [4.69, 9.17) is 10.00 Å². The maximum absolute atomic E-state index is 12.7. The normalized spacial score (nSPS) is 9.97. The molecule has 3 aromatic rings. The summed E-state index contributed by atoms with van der Waals surface area (Å²) in [6, 6.07) is 17.0. The van der Waals surface area contributed by atoms with Crippen molar-refractivity contribution in [1.82, 2.24) is 9.97 Å². The second-order valence-corrected chi connectivity index (χ2v) is 5.99. The van der Waals surface area contributed by atoms with Crippen LogP contribution in [0.3, 0.4) is 0 Å². The van der Waals surface area contributed by atoms with Gasteiger partial charge in [0.2, 0.25) is 0 Å². The first-order chi connectivity index (χ1) is 14.0. The fraction of sp³-hybridized carbons (Fsp3) is 0.0952. The van der Waals surface area contributed by atoms with Gasteiger partial charge in [0.05, 0.1) is 30.0 Å². The SMILES string of the molecule is COC(=O)c1ccccc1NC(=O)c1cc(Nc2cccc(C#N)c2)nc(C)n1. The molecule has 0 spiro atoms. The van der Waals surface area contributed by atoms with Crippen LogP contribution < -0.4 is 10.6 Å². The van der Waals surface area contributed by atoms with Gasteiger partial charge in [-0.05, 0) is 37.3 Å². The summed E-state index contributed by atoms with van der Waals surface area (Å²) in [4.78, 5) is 33.0. The highest BCUT2D eigenvalue weighted by molar-refractivity contribution is 6.07. The molecule has 0 saturated carbocycles. The summed E-state index contributed by atoms with van der Waals surface area (Å²) in [6.45, 7) is 1.66. The Kier molecular flexibility index (Phi) is 5.80. The first kappa shape index (κ1) is 19.5. The predicted molar refractivity (Wildman–Crippen MR) is 107 cm³/mol. The smallest absolute Gasteiger partial charge is 0.339 e. The second kappa shape index (κ2) is 8.63. The summed E-state index contributed by atoms with van der Waals surface area (Å²) in [7, 11) is 1.27. The standard InChI is InChI=1S/C21H17N5O3/c1-13-23-18(11-19(24-13)25-15-7-5-6-14(10-15)12-22)20(27)26-17-9-4-3-8-16(17)21(28)29-2/h3-11H,1-2H3,(H,26,27)(H,23,24,25). The molecule has 0 atom stereocenters.